The molecule has 1 heterocycles. The van der Waals surface area contributed by atoms with Crippen LogP contribution in [0, 0.1) is 6.92 Å². The molecule has 0 spiro atoms. The molecule has 14 heavy (non-hydrogen) atoms. The molecule has 1 atom stereocenters. The van der Waals surface area contributed by atoms with E-state index in [4.69, 9.17) is 4.74 Å². The lowest BCUT2D eigenvalue weighted by atomic mass is 10.0. The average Bonchev–Trinajstić information content (AvgIpc) is 2.17. The highest BCUT2D eigenvalue weighted by molar-refractivity contribution is 5.29. The van der Waals surface area contributed by atoms with Crippen molar-refractivity contribution in [1.82, 2.24) is 4.98 Å². The van der Waals surface area contributed by atoms with Crippen LogP contribution in [0.15, 0.2) is 12.3 Å². The van der Waals surface area contributed by atoms with E-state index in [2.05, 4.69) is 4.98 Å². The zero-order chi connectivity index (χ0) is 10.6. The summed E-state index contributed by atoms with van der Waals surface area (Å²) in [5.74, 6) is 0.622. The Morgan fingerprint density at radius 3 is 2.71 bits per heavy atom. The van der Waals surface area contributed by atoms with E-state index in [1.165, 1.54) is 0 Å². The number of hydrogen-bond acceptors (Lipinski definition) is 3. The van der Waals surface area contributed by atoms with Crippen molar-refractivity contribution in [2.75, 3.05) is 6.61 Å². The second-order valence-corrected chi connectivity index (χ2v) is 3.24. The molecule has 0 aliphatic carbocycles. The van der Waals surface area contributed by atoms with E-state index in [1.54, 1.807) is 6.20 Å². The maximum atomic E-state index is 9.65. The Bertz CT molecular complexity index is 299. The molecule has 1 aromatic rings. The number of rotatable bonds is 4. The Morgan fingerprint density at radius 1 is 1.50 bits per heavy atom. The fourth-order valence-corrected chi connectivity index (χ4v) is 1.34. The summed E-state index contributed by atoms with van der Waals surface area (Å²) in [6.45, 7) is 6.44. The predicted molar refractivity (Wildman–Crippen MR) is 55.4 cm³/mol. The van der Waals surface area contributed by atoms with E-state index in [-0.39, 0.29) is 0 Å². The van der Waals surface area contributed by atoms with Crippen molar-refractivity contribution in [2.24, 2.45) is 0 Å². The standard InChI is InChI=1S/C11H17NO2/c1-4-10(13)9-7-12-11(14-5-2)6-8(9)3/h6-7,10,13H,4-5H2,1-3H3/t10-/m0/s1. The second kappa shape index (κ2) is 4.96. The molecule has 0 bridgehead atoms. The van der Waals surface area contributed by atoms with Gasteiger partial charge in [-0.25, -0.2) is 4.98 Å². The molecule has 0 aliphatic heterocycles. The fraction of sp³-hybridized carbons (Fsp3) is 0.545. The molecular weight excluding hydrogens is 178 g/mol. The van der Waals surface area contributed by atoms with Gasteiger partial charge in [0.1, 0.15) is 0 Å². The van der Waals surface area contributed by atoms with Gasteiger partial charge in [-0.05, 0) is 25.8 Å². The van der Waals surface area contributed by atoms with E-state index in [0.29, 0.717) is 18.9 Å². The van der Waals surface area contributed by atoms with Crippen LogP contribution in [0.25, 0.3) is 0 Å². The van der Waals surface area contributed by atoms with Gasteiger partial charge >= 0.3 is 0 Å². The first-order valence-electron chi connectivity index (χ1n) is 4.96. The summed E-state index contributed by atoms with van der Waals surface area (Å²) in [6, 6.07) is 1.86. The molecule has 0 aliphatic rings. The Labute approximate surface area is 84.7 Å². The van der Waals surface area contributed by atoms with Crippen molar-refractivity contribution in [2.45, 2.75) is 33.3 Å². The summed E-state index contributed by atoms with van der Waals surface area (Å²) in [7, 11) is 0. The molecule has 0 aromatic carbocycles. The molecule has 0 fully saturated rings. The minimum absolute atomic E-state index is 0.418. The minimum atomic E-state index is -0.418. The molecular formula is C11H17NO2. The number of aliphatic hydroxyl groups excluding tert-OH is 1. The van der Waals surface area contributed by atoms with Gasteiger partial charge in [0.25, 0.3) is 0 Å². The monoisotopic (exact) mass is 195 g/mol. The number of hydrogen-bond donors (Lipinski definition) is 1. The summed E-state index contributed by atoms with van der Waals surface area (Å²) in [4.78, 5) is 4.12. The smallest absolute Gasteiger partial charge is 0.213 e. The maximum absolute atomic E-state index is 9.65. The van der Waals surface area contributed by atoms with E-state index in [9.17, 15) is 5.11 Å². The SMILES string of the molecule is CCOc1cc(C)c([C@@H](O)CC)cn1. The van der Waals surface area contributed by atoms with Gasteiger partial charge < -0.3 is 9.84 Å². The number of aromatic nitrogens is 1. The molecule has 0 unspecified atom stereocenters. The van der Waals surface area contributed by atoms with Crippen LogP contribution in [0.3, 0.4) is 0 Å². The lowest BCUT2D eigenvalue weighted by molar-refractivity contribution is 0.172. The fourth-order valence-electron chi connectivity index (χ4n) is 1.34. The van der Waals surface area contributed by atoms with Crippen molar-refractivity contribution in [3.05, 3.63) is 23.4 Å². The van der Waals surface area contributed by atoms with Crippen LogP contribution in [0.4, 0.5) is 0 Å². The van der Waals surface area contributed by atoms with Crippen molar-refractivity contribution in [1.29, 1.82) is 0 Å². The van der Waals surface area contributed by atoms with E-state index >= 15 is 0 Å². The van der Waals surface area contributed by atoms with Crippen LogP contribution in [0.1, 0.15) is 37.5 Å². The van der Waals surface area contributed by atoms with Crippen LogP contribution in [0.2, 0.25) is 0 Å². The summed E-state index contributed by atoms with van der Waals surface area (Å²) >= 11 is 0. The van der Waals surface area contributed by atoms with Gasteiger partial charge in [-0.1, -0.05) is 6.92 Å². The quantitative estimate of drug-likeness (QED) is 0.801. The number of pyridine rings is 1. The number of ether oxygens (including phenoxy) is 1. The molecule has 3 nitrogen and oxygen atoms in total. The predicted octanol–water partition coefficient (Wildman–Crippen LogP) is 2.23. The third-order valence-electron chi connectivity index (χ3n) is 2.16. The molecule has 1 N–H and O–H groups in total. The molecule has 0 saturated heterocycles. The Hall–Kier alpha value is -1.09. The normalized spacial score (nSPS) is 12.6. The molecule has 0 amide bonds. The van der Waals surface area contributed by atoms with Gasteiger partial charge in [-0.2, -0.15) is 0 Å². The third kappa shape index (κ3) is 2.45. The first-order chi connectivity index (χ1) is 6.69. The number of aliphatic hydroxyl groups is 1. The summed E-state index contributed by atoms with van der Waals surface area (Å²) in [5.41, 5.74) is 1.91. The molecule has 1 aromatic heterocycles. The number of nitrogens with zero attached hydrogens (tertiary/aromatic N) is 1. The topological polar surface area (TPSA) is 42.4 Å². The number of aryl methyl sites for hydroxylation is 1. The Balaban J connectivity index is 2.89. The maximum Gasteiger partial charge on any atom is 0.213 e. The Morgan fingerprint density at radius 2 is 2.21 bits per heavy atom. The van der Waals surface area contributed by atoms with Crippen LogP contribution in [-0.4, -0.2) is 16.7 Å². The molecule has 1 rings (SSSR count). The molecule has 78 valence electrons. The summed E-state index contributed by atoms with van der Waals surface area (Å²) in [5, 5.41) is 9.65. The van der Waals surface area contributed by atoms with Crippen molar-refractivity contribution >= 4 is 0 Å². The van der Waals surface area contributed by atoms with E-state index in [1.807, 2.05) is 26.8 Å². The lowest BCUT2D eigenvalue weighted by Gasteiger charge is -2.12. The Kier molecular flexibility index (Phi) is 3.89. The van der Waals surface area contributed by atoms with Gasteiger partial charge in [0.15, 0.2) is 0 Å². The summed E-state index contributed by atoms with van der Waals surface area (Å²) < 4.78 is 5.26. The first kappa shape index (κ1) is 11.0. The van der Waals surface area contributed by atoms with Crippen LogP contribution >= 0.6 is 0 Å². The largest absolute Gasteiger partial charge is 0.478 e. The summed E-state index contributed by atoms with van der Waals surface area (Å²) in [6.07, 6.45) is 1.98. The van der Waals surface area contributed by atoms with Gasteiger partial charge in [-0.15, -0.1) is 0 Å². The molecule has 0 saturated carbocycles. The van der Waals surface area contributed by atoms with Crippen molar-refractivity contribution in [3.8, 4) is 5.88 Å². The van der Waals surface area contributed by atoms with Gasteiger partial charge in [0.2, 0.25) is 5.88 Å². The third-order valence-corrected chi connectivity index (χ3v) is 2.16. The van der Waals surface area contributed by atoms with Gasteiger partial charge in [0, 0.05) is 17.8 Å². The lowest BCUT2D eigenvalue weighted by Crippen LogP contribution is -2.01. The highest BCUT2D eigenvalue weighted by Gasteiger charge is 2.09. The van der Waals surface area contributed by atoms with Crippen LogP contribution in [-0.2, 0) is 0 Å². The molecule has 3 heteroatoms. The van der Waals surface area contributed by atoms with Crippen LogP contribution in [0.5, 0.6) is 5.88 Å². The van der Waals surface area contributed by atoms with Crippen molar-refractivity contribution in [3.63, 3.8) is 0 Å². The van der Waals surface area contributed by atoms with Gasteiger partial charge in [0.05, 0.1) is 12.7 Å². The first-order valence-corrected chi connectivity index (χ1v) is 4.96. The molecule has 0 radical (unpaired) electrons. The van der Waals surface area contributed by atoms with Crippen molar-refractivity contribution < 1.29 is 9.84 Å². The highest BCUT2D eigenvalue weighted by atomic mass is 16.5. The van der Waals surface area contributed by atoms with E-state index in [0.717, 1.165) is 11.1 Å². The highest BCUT2D eigenvalue weighted by Crippen LogP contribution is 2.22. The van der Waals surface area contributed by atoms with E-state index < -0.39 is 6.10 Å². The minimum Gasteiger partial charge on any atom is -0.478 e. The zero-order valence-corrected chi connectivity index (χ0v) is 8.95. The average molecular weight is 195 g/mol. The van der Waals surface area contributed by atoms with Crippen LogP contribution < -0.4 is 4.74 Å². The second-order valence-electron chi connectivity index (χ2n) is 3.24. The zero-order valence-electron chi connectivity index (χ0n) is 8.95. The van der Waals surface area contributed by atoms with Gasteiger partial charge in [-0.3, -0.25) is 0 Å².